The number of methoxy groups -OCH3 is 1. The third-order valence-electron chi connectivity index (χ3n) is 6.59. The molecule has 0 bridgehead atoms. The van der Waals surface area contributed by atoms with Gasteiger partial charge < -0.3 is 14.6 Å². The molecule has 0 saturated carbocycles. The Hall–Kier alpha value is -4.47. The number of nitrogens with zero attached hydrogens (tertiary/aromatic N) is 2. The molecule has 2 heterocycles. The Kier molecular flexibility index (Phi) is 7.92. The van der Waals surface area contributed by atoms with Gasteiger partial charge in [0.2, 0.25) is 0 Å². The van der Waals surface area contributed by atoms with Gasteiger partial charge in [-0.15, -0.1) is 0 Å². The van der Waals surface area contributed by atoms with E-state index in [-0.39, 0.29) is 21.3 Å². The molecule has 1 aliphatic heterocycles. The molecule has 1 amide bonds. The summed E-state index contributed by atoms with van der Waals surface area (Å²) >= 11 is 7.20. The number of rotatable bonds is 7. The number of Topliss-reactive ketones (excluding diaryl/α,β-unsaturated/α-hetero) is 1. The lowest BCUT2D eigenvalue weighted by Crippen LogP contribution is -2.29. The quantitative estimate of drug-likeness (QED) is 0.115. The molecule has 5 rings (SSSR count). The third kappa shape index (κ3) is 5.59. The molecule has 1 N–H and O–H groups in total. The van der Waals surface area contributed by atoms with Crippen molar-refractivity contribution in [1.29, 1.82) is 0 Å². The zero-order valence-electron chi connectivity index (χ0n) is 22.4. The number of carbonyl (C=O) groups is 3. The number of benzene rings is 3. The lowest BCUT2D eigenvalue weighted by Gasteiger charge is -2.23. The van der Waals surface area contributed by atoms with Crippen LogP contribution in [-0.2, 0) is 20.9 Å². The van der Waals surface area contributed by atoms with Crippen molar-refractivity contribution in [2.75, 3.05) is 12.0 Å². The topological polar surface area (TPSA) is 106 Å². The van der Waals surface area contributed by atoms with Crippen molar-refractivity contribution in [1.82, 2.24) is 4.98 Å². The maximum absolute atomic E-state index is 13.4. The molecule has 0 radical (unpaired) electrons. The molecule has 41 heavy (non-hydrogen) atoms. The van der Waals surface area contributed by atoms with Gasteiger partial charge in [-0.05, 0) is 61.4 Å². The Morgan fingerprint density at radius 1 is 1.05 bits per heavy atom. The van der Waals surface area contributed by atoms with Crippen molar-refractivity contribution < 1.29 is 29.0 Å². The Morgan fingerprint density at radius 2 is 1.78 bits per heavy atom. The predicted molar refractivity (Wildman–Crippen MR) is 156 cm³/mol. The van der Waals surface area contributed by atoms with Crippen LogP contribution >= 0.6 is 22.9 Å². The van der Waals surface area contributed by atoms with Gasteiger partial charge in [0, 0.05) is 10.6 Å². The molecule has 3 aromatic carbocycles. The predicted octanol–water partition coefficient (Wildman–Crippen LogP) is 6.41. The van der Waals surface area contributed by atoms with E-state index in [1.165, 1.54) is 12.0 Å². The van der Waals surface area contributed by atoms with Crippen LogP contribution in [0.1, 0.15) is 43.7 Å². The number of aryl methyl sites for hydroxylation is 2. The third-order valence-corrected chi connectivity index (χ3v) is 7.96. The number of thiazole rings is 1. The summed E-state index contributed by atoms with van der Waals surface area (Å²) in [6.07, 6.45) is 0. The molecule has 0 spiro atoms. The summed E-state index contributed by atoms with van der Waals surface area (Å²) in [6, 6.07) is 20.2. The van der Waals surface area contributed by atoms with Crippen LogP contribution < -0.4 is 9.64 Å². The lowest BCUT2D eigenvalue weighted by atomic mass is 9.95. The van der Waals surface area contributed by atoms with E-state index in [1.807, 2.05) is 31.2 Å². The van der Waals surface area contributed by atoms with Gasteiger partial charge in [-0.3, -0.25) is 14.5 Å². The second kappa shape index (κ2) is 11.6. The van der Waals surface area contributed by atoms with Crippen molar-refractivity contribution in [2.24, 2.45) is 0 Å². The zero-order chi connectivity index (χ0) is 29.3. The van der Waals surface area contributed by atoms with Crippen LogP contribution in [-0.4, -0.2) is 34.9 Å². The standard InChI is InChI=1S/C31H25ClN2O6S/c1-17-6-4-7-19(14-17)16-40-23-12-10-20(11-13-23)26(35)24-25(21-8-5-9-22(32)15-21)34(29(37)27(24)36)31-33-18(2)28(41-31)30(38)39-3/h4-15,25,35H,16H2,1-3H3/b26-24+. The molecule has 1 saturated heterocycles. The van der Waals surface area contributed by atoms with Crippen LogP contribution in [0.2, 0.25) is 5.02 Å². The van der Waals surface area contributed by atoms with E-state index in [0.717, 1.165) is 22.5 Å². The number of hydrogen-bond donors (Lipinski definition) is 1. The average Bonchev–Trinajstić information content (AvgIpc) is 3.47. The van der Waals surface area contributed by atoms with E-state index < -0.39 is 23.7 Å². The average molecular weight is 589 g/mol. The normalized spacial score (nSPS) is 16.2. The molecule has 0 aliphatic carbocycles. The number of ketones is 1. The van der Waals surface area contributed by atoms with Gasteiger partial charge in [0.15, 0.2) is 5.13 Å². The minimum absolute atomic E-state index is 0.119. The van der Waals surface area contributed by atoms with Gasteiger partial charge in [0.05, 0.1) is 24.4 Å². The molecular weight excluding hydrogens is 564 g/mol. The van der Waals surface area contributed by atoms with Crippen molar-refractivity contribution in [2.45, 2.75) is 26.5 Å². The van der Waals surface area contributed by atoms with Gasteiger partial charge >= 0.3 is 11.9 Å². The van der Waals surface area contributed by atoms with Crippen LogP contribution in [0.3, 0.4) is 0 Å². The van der Waals surface area contributed by atoms with Gasteiger partial charge in [-0.1, -0.05) is 64.9 Å². The number of aromatic nitrogens is 1. The highest BCUT2D eigenvalue weighted by Gasteiger charge is 2.48. The van der Waals surface area contributed by atoms with E-state index in [0.29, 0.717) is 34.2 Å². The largest absolute Gasteiger partial charge is 0.507 e. The van der Waals surface area contributed by atoms with E-state index in [9.17, 15) is 19.5 Å². The number of hydrogen-bond acceptors (Lipinski definition) is 8. The molecular formula is C31H25ClN2O6S. The Labute approximate surface area is 245 Å². The number of anilines is 1. The molecule has 208 valence electrons. The van der Waals surface area contributed by atoms with Crippen LogP contribution in [0.15, 0.2) is 78.4 Å². The van der Waals surface area contributed by atoms with Crippen LogP contribution in [0, 0.1) is 13.8 Å². The maximum Gasteiger partial charge on any atom is 0.350 e. The number of halogens is 1. The number of carbonyl (C=O) groups excluding carboxylic acids is 3. The van der Waals surface area contributed by atoms with Crippen LogP contribution in [0.4, 0.5) is 5.13 Å². The maximum atomic E-state index is 13.4. The van der Waals surface area contributed by atoms with Crippen molar-refractivity contribution in [3.8, 4) is 5.75 Å². The summed E-state index contributed by atoms with van der Waals surface area (Å²) in [4.78, 5) is 44.8. The molecule has 4 aromatic rings. The van der Waals surface area contributed by atoms with Crippen molar-refractivity contribution in [3.05, 3.63) is 116 Å². The highest BCUT2D eigenvalue weighted by molar-refractivity contribution is 7.17. The first-order valence-corrected chi connectivity index (χ1v) is 13.8. The molecule has 1 atom stereocenters. The zero-order valence-corrected chi connectivity index (χ0v) is 24.0. The summed E-state index contributed by atoms with van der Waals surface area (Å²) in [5.41, 5.74) is 3.19. The Balaban J connectivity index is 1.53. The number of ether oxygens (including phenoxy) is 2. The fourth-order valence-corrected chi connectivity index (χ4v) is 5.83. The summed E-state index contributed by atoms with van der Waals surface area (Å²) in [5, 5.41) is 11.9. The number of aliphatic hydroxyl groups is 1. The van der Waals surface area contributed by atoms with E-state index in [1.54, 1.807) is 55.5 Å². The second-order valence-corrected chi connectivity index (χ2v) is 10.8. The van der Waals surface area contributed by atoms with Crippen molar-refractivity contribution in [3.63, 3.8) is 0 Å². The van der Waals surface area contributed by atoms with E-state index in [2.05, 4.69) is 4.98 Å². The summed E-state index contributed by atoms with van der Waals surface area (Å²) in [5.74, 6) is -2.17. The van der Waals surface area contributed by atoms with Gasteiger partial charge in [0.1, 0.15) is 23.0 Å². The second-order valence-electron chi connectivity index (χ2n) is 9.43. The highest BCUT2D eigenvalue weighted by Crippen LogP contribution is 2.44. The van der Waals surface area contributed by atoms with Gasteiger partial charge in [-0.2, -0.15) is 0 Å². The molecule has 8 nitrogen and oxygen atoms in total. The smallest absolute Gasteiger partial charge is 0.350 e. The lowest BCUT2D eigenvalue weighted by molar-refractivity contribution is -0.132. The summed E-state index contributed by atoms with van der Waals surface area (Å²) < 4.78 is 10.7. The minimum Gasteiger partial charge on any atom is -0.507 e. The van der Waals surface area contributed by atoms with Crippen LogP contribution in [0.25, 0.3) is 5.76 Å². The number of esters is 1. The molecule has 1 aliphatic rings. The first-order valence-electron chi connectivity index (χ1n) is 12.6. The molecule has 1 aromatic heterocycles. The van der Waals surface area contributed by atoms with E-state index in [4.69, 9.17) is 21.1 Å². The molecule has 1 unspecified atom stereocenters. The van der Waals surface area contributed by atoms with E-state index >= 15 is 0 Å². The SMILES string of the molecule is COC(=O)c1sc(N2C(=O)C(=O)/C(=C(/O)c3ccc(OCc4cccc(C)c4)cc3)C2c2cccc(Cl)c2)nc1C. The van der Waals surface area contributed by atoms with Gasteiger partial charge in [0.25, 0.3) is 5.78 Å². The Morgan fingerprint density at radius 3 is 2.46 bits per heavy atom. The number of amides is 1. The summed E-state index contributed by atoms with van der Waals surface area (Å²) in [7, 11) is 1.25. The van der Waals surface area contributed by atoms with Crippen LogP contribution in [0.5, 0.6) is 5.75 Å². The molecule has 1 fully saturated rings. The fourth-order valence-electron chi connectivity index (χ4n) is 4.62. The first-order chi connectivity index (χ1) is 19.7. The monoisotopic (exact) mass is 588 g/mol. The number of aliphatic hydroxyl groups excluding tert-OH is 1. The Bertz CT molecular complexity index is 1690. The first kappa shape index (κ1) is 28.1. The van der Waals surface area contributed by atoms with Crippen molar-refractivity contribution >= 4 is 51.5 Å². The minimum atomic E-state index is -1.04. The summed E-state index contributed by atoms with van der Waals surface area (Å²) in [6.45, 7) is 3.99. The van der Waals surface area contributed by atoms with Gasteiger partial charge in [-0.25, -0.2) is 9.78 Å². The molecule has 10 heteroatoms. The highest BCUT2D eigenvalue weighted by atomic mass is 35.5. The fraction of sp³-hybridized carbons (Fsp3) is 0.161.